The van der Waals surface area contributed by atoms with Crippen molar-refractivity contribution in [2.24, 2.45) is 0 Å². The molecule has 4 atom stereocenters. The number of aryl methyl sites for hydroxylation is 4. The number of rotatable bonds is 4. The summed E-state index contributed by atoms with van der Waals surface area (Å²) in [6, 6.07) is 20.2. The smallest absolute Gasteiger partial charge is 0.126 e. The van der Waals surface area contributed by atoms with Gasteiger partial charge in [-0.2, -0.15) is 0 Å². The molecule has 0 spiro atoms. The van der Waals surface area contributed by atoms with E-state index < -0.39 is 0 Å². The van der Waals surface area contributed by atoms with Gasteiger partial charge in [0.2, 0.25) is 0 Å². The van der Waals surface area contributed by atoms with Crippen LogP contribution in [0.5, 0.6) is 23.0 Å². The molecule has 7 heteroatoms. The van der Waals surface area contributed by atoms with Gasteiger partial charge in [-0.3, -0.25) is 0 Å². The third-order valence-corrected chi connectivity index (χ3v) is 15.1. The van der Waals surface area contributed by atoms with Crippen LogP contribution in [0.4, 0.5) is 0 Å². The molecule has 11 rings (SSSR count). The second-order valence-corrected chi connectivity index (χ2v) is 19.1. The highest BCUT2D eigenvalue weighted by molar-refractivity contribution is 5.59. The maximum absolute atomic E-state index is 7.10. The van der Waals surface area contributed by atoms with E-state index in [1.807, 2.05) is 0 Å². The van der Waals surface area contributed by atoms with E-state index in [4.69, 9.17) is 33.2 Å². The molecule has 63 heavy (non-hydrogen) atoms. The molecule has 0 radical (unpaired) electrons. The third-order valence-electron chi connectivity index (χ3n) is 15.1. The van der Waals surface area contributed by atoms with Crippen molar-refractivity contribution in [1.82, 2.24) is 0 Å². The minimum Gasteiger partial charge on any atom is -0.493 e. The Morgan fingerprint density at radius 1 is 0.397 bits per heavy atom. The first-order chi connectivity index (χ1) is 31.1. The van der Waals surface area contributed by atoms with Crippen LogP contribution in [-0.2, 0) is 52.7 Å². The summed E-state index contributed by atoms with van der Waals surface area (Å²) in [5.74, 6) is 5.61. The first-order valence-corrected chi connectivity index (χ1v) is 25.0. The van der Waals surface area contributed by atoms with Gasteiger partial charge in [0.05, 0.1) is 52.9 Å². The summed E-state index contributed by atoms with van der Waals surface area (Å²) in [5.41, 5.74) is 16.4. The van der Waals surface area contributed by atoms with Crippen molar-refractivity contribution < 1.29 is 33.2 Å². The minimum absolute atomic E-state index is 0.323. The molecule has 7 nitrogen and oxygen atoms in total. The lowest BCUT2D eigenvalue weighted by atomic mass is 9.64. The van der Waals surface area contributed by atoms with Crippen molar-refractivity contribution in [2.75, 3.05) is 66.1 Å². The Labute approximate surface area is 376 Å². The average Bonchev–Trinajstić information content (AvgIpc) is 3.25. The zero-order valence-corrected chi connectivity index (χ0v) is 38.2. The third kappa shape index (κ3) is 9.27. The van der Waals surface area contributed by atoms with Crippen LogP contribution in [0.25, 0.3) is 0 Å². The molecule has 2 saturated carbocycles. The van der Waals surface area contributed by atoms with Crippen molar-refractivity contribution >= 4 is 0 Å². The molecular formula is C56H70O7. The van der Waals surface area contributed by atoms with Gasteiger partial charge in [0.15, 0.2) is 0 Å². The summed E-state index contributed by atoms with van der Waals surface area (Å²) in [6.45, 7) is 9.63. The van der Waals surface area contributed by atoms with Crippen molar-refractivity contribution in [2.45, 2.75) is 140 Å². The fourth-order valence-corrected chi connectivity index (χ4v) is 11.8. The van der Waals surface area contributed by atoms with Crippen molar-refractivity contribution in [3.63, 3.8) is 0 Å². The lowest BCUT2D eigenvalue weighted by molar-refractivity contribution is 0.00476. The molecule has 5 aliphatic carbocycles. The van der Waals surface area contributed by atoms with E-state index in [1.165, 1.54) is 105 Å². The van der Waals surface area contributed by atoms with Crippen LogP contribution in [0.15, 0.2) is 48.5 Å². The quantitative estimate of drug-likeness (QED) is 0.189. The Balaban J connectivity index is 1.25. The summed E-state index contributed by atoms with van der Waals surface area (Å²) in [6.07, 6.45) is 17.5. The Bertz CT molecular complexity index is 2070. The van der Waals surface area contributed by atoms with E-state index >= 15 is 0 Å². The summed E-state index contributed by atoms with van der Waals surface area (Å²) in [4.78, 5) is 0. The molecule has 2 aliphatic heterocycles. The average molecular weight is 855 g/mol. The summed E-state index contributed by atoms with van der Waals surface area (Å²) < 4.78 is 46.2. The highest BCUT2D eigenvalue weighted by atomic mass is 16.6. The fraction of sp³-hybridized carbons (Fsp3) is 0.571. The zero-order valence-electron chi connectivity index (χ0n) is 38.2. The first kappa shape index (κ1) is 42.9. The van der Waals surface area contributed by atoms with Gasteiger partial charge >= 0.3 is 0 Å². The van der Waals surface area contributed by atoms with E-state index in [2.05, 4.69) is 62.4 Å². The second-order valence-electron chi connectivity index (χ2n) is 19.1. The molecule has 0 N–H and O–H groups in total. The van der Waals surface area contributed by atoms with Gasteiger partial charge < -0.3 is 33.2 Å². The molecule has 2 heterocycles. The molecule has 0 aromatic heterocycles. The molecular weight excluding hydrogens is 785 g/mol. The van der Waals surface area contributed by atoms with Crippen LogP contribution in [0.3, 0.4) is 0 Å². The Morgan fingerprint density at radius 2 is 0.730 bits per heavy atom. The predicted molar refractivity (Wildman–Crippen MR) is 249 cm³/mol. The summed E-state index contributed by atoms with van der Waals surface area (Å²) >= 11 is 0. The van der Waals surface area contributed by atoms with Gasteiger partial charge in [-0.1, -0.05) is 61.4 Å². The molecule has 336 valence electrons. The van der Waals surface area contributed by atoms with Gasteiger partial charge in [-0.15, -0.1) is 0 Å². The van der Waals surface area contributed by atoms with Crippen molar-refractivity contribution in [1.29, 1.82) is 0 Å². The SMILES string of the molecule is CCOc1c2cc3cc1[C@@H]1CC[C@@H]1c1cc(cc4c1OCCOCCOCCOCCOc1c(cc5cc1[C@H]1CC[C@H]1c1cc(cc(c1OCC)C4)CCCCC5)C2)CCCCC3. The maximum atomic E-state index is 7.10. The van der Waals surface area contributed by atoms with Gasteiger partial charge in [0, 0.05) is 12.8 Å². The van der Waals surface area contributed by atoms with E-state index in [1.54, 1.807) is 0 Å². The number of benzene rings is 4. The number of ether oxygens (including phenoxy) is 7. The number of hydrogen-bond acceptors (Lipinski definition) is 7. The van der Waals surface area contributed by atoms with Crippen molar-refractivity contribution in [3.05, 3.63) is 115 Å². The van der Waals surface area contributed by atoms with Gasteiger partial charge in [0.25, 0.3) is 0 Å². The highest BCUT2D eigenvalue weighted by Crippen LogP contribution is 2.58. The number of hydrogen-bond donors (Lipinski definition) is 0. The van der Waals surface area contributed by atoms with Gasteiger partial charge in [0.1, 0.15) is 36.2 Å². The first-order valence-electron chi connectivity index (χ1n) is 25.0. The molecule has 0 amide bonds. The Morgan fingerprint density at radius 3 is 1.10 bits per heavy atom. The molecule has 2 fully saturated rings. The Kier molecular flexibility index (Phi) is 13.6. The van der Waals surface area contributed by atoms with Gasteiger partial charge in [-0.25, -0.2) is 0 Å². The van der Waals surface area contributed by atoms with Crippen LogP contribution in [0.1, 0.15) is 168 Å². The monoisotopic (exact) mass is 855 g/mol. The van der Waals surface area contributed by atoms with Crippen molar-refractivity contribution in [3.8, 4) is 23.0 Å². The van der Waals surface area contributed by atoms with Crippen LogP contribution < -0.4 is 18.9 Å². The lowest BCUT2D eigenvalue weighted by Gasteiger charge is -2.41. The number of fused-ring (bicyclic) bond motifs is 16. The molecule has 0 unspecified atom stereocenters. The van der Waals surface area contributed by atoms with Crippen LogP contribution in [0.2, 0.25) is 0 Å². The zero-order chi connectivity index (χ0) is 42.5. The van der Waals surface area contributed by atoms with Crippen LogP contribution >= 0.6 is 0 Å². The van der Waals surface area contributed by atoms with E-state index in [0.717, 1.165) is 87.2 Å². The van der Waals surface area contributed by atoms with E-state index in [0.29, 0.717) is 89.7 Å². The molecule has 4 aromatic rings. The van der Waals surface area contributed by atoms with Crippen LogP contribution in [-0.4, -0.2) is 66.1 Å². The molecule has 14 bridgehead atoms. The minimum atomic E-state index is 0.323. The van der Waals surface area contributed by atoms with E-state index in [9.17, 15) is 0 Å². The molecule has 4 aromatic carbocycles. The standard InChI is InChI=1S/C56H70O7/c1-3-60-53-41-27-37-11-7-5-9-14-40-30-44-36-42-28-38-12-8-6-10-13-39-29-43(35-41)55(52(34-39)48-18-16-46(48)50(32-38)54(42)61-4-2)62-25-23-58-21-19-57-20-22-59-24-26-63-56(44)51(33-40)47-17-15-45(47)49(53)31-37/h27-34,45-48H,3-26,35-36H2,1-2H3/t45-,46-,47+,48+/m1/s1. The highest BCUT2D eigenvalue weighted by Gasteiger charge is 2.41. The largest absolute Gasteiger partial charge is 0.493 e. The maximum Gasteiger partial charge on any atom is 0.126 e. The summed E-state index contributed by atoms with van der Waals surface area (Å²) in [5, 5.41) is 0. The lowest BCUT2D eigenvalue weighted by Crippen LogP contribution is -2.26. The van der Waals surface area contributed by atoms with Gasteiger partial charge in [-0.05, 0) is 181 Å². The second kappa shape index (κ2) is 20.0. The fourth-order valence-electron chi connectivity index (χ4n) is 11.8. The van der Waals surface area contributed by atoms with Crippen LogP contribution in [0, 0.1) is 0 Å². The summed E-state index contributed by atoms with van der Waals surface area (Å²) in [7, 11) is 0. The Hall–Kier alpha value is -4.04. The topological polar surface area (TPSA) is 64.6 Å². The molecule has 0 saturated heterocycles. The predicted octanol–water partition coefficient (Wildman–Crippen LogP) is 11.7. The normalized spacial score (nSPS) is 24.0. The van der Waals surface area contributed by atoms with E-state index in [-0.39, 0.29) is 0 Å². The molecule has 7 aliphatic rings.